The predicted octanol–water partition coefficient (Wildman–Crippen LogP) is 7.36. The normalized spacial score (nSPS) is 12.8. The molecular formula is C26H13NO3S. The SMILES string of the molecule is Oc1ccc2cc3c(cc2c1)oc1c2ccc(O)c4c5sc6ccccc6c5n(c31)c24. The molecule has 146 valence electrons. The zero-order chi connectivity index (χ0) is 20.4. The van der Waals surface area contributed by atoms with Crippen LogP contribution in [0.4, 0.5) is 0 Å². The standard InChI is InChI=1S/C26H13NO3S/c28-14-6-5-12-10-17-19(11-13(12)9-14)30-25-16-7-8-18(29)21-22(16)27(23(17)25)24-15-3-1-2-4-20(15)31-26(21)24/h1-11,28-29H. The summed E-state index contributed by atoms with van der Waals surface area (Å²) in [4.78, 5) is 0. The third kappa shape index (κ3) is 1.74. The van der Waals surface area contributed by atoms with E-state index in [1.807, 2.05) is 18.2 Å². The van der Waals surface area contributed by atoms with Gasteiger partial charge in [-0.05, 0) is 53.2 Å². The van der Waals surface area contributed by atoms with Gasteiger partial charge in [0.1, 0.15) is 22.6 Å². The predicted molar refractivity (Wildman–Crippen MR) is 127 cm³/mol. The molecule has 0 bridgehead atoms. The molecule has 4 nitrogen and oxygen atoms in total. The quantitative estimate of drug-likeness (QED) is 0.270. The van der Waals surface area contributed by atoms with Gasteiger partial charge in [0.25, 0.3) is 0 Å². The van der Waals surface area contributed by atoms with Crippen LogP contribution in [-0.2, 0) is 0 Å². The van der Waals surface area contributed by atoms with Crippen LogP contribution < -0.4 is 0 Å². The van der Waals surface area contributed by atoms with Gasteiger partial charge in [-0.15, -0.1) is 11.3 Å². The molecule has 0 aliphatic carbocycles. The highest BCUT2D eigenvalue weighted by atomic mass is 32.1. The maximum atomic E-state index is 10.8. The van der Waals surface area contributed by atoms with Gasteiger partial charge >= 0.3 is 0 Å². The first-order chi connectivity index (χ1) is 15.2. The van der Waals surface area contributed by atoms with Gasteiger partial charge in [-0.2, -0.15) is 0 Å². The first-order valence-corrected chi connectivity index (χ1v) is 10.9. The highest BCUT2D eigenvalue weighted by Gasteiger charge is 2.26. The minimum atomic E-state index is 0.241. The second kappa shape index (κ2) is 5.02. The minimum absolute atomic E-state index is 0.241. The van der Waals surface area contributed by atoms with Gasteiger partial charge in [0.05, 0.1) is 21.1 Å². The molecule has 0 saturated carbocycles. The van der Waals surface area contributed by atoms with E-state index in [1.165, 1.54) is 10.1 Å². The van der Waals surface area contributed by atoms with Crippen LogP contribution in [0.25, 0.3) is 69.4 Å². The van der Waals surface area contributed by atoms with Gasteiger partial charge in [-0.3, -0.25) is 0 Å². The first kappa shape index (κ1) is 15.8. The van der Waals surface area contributed by atoms with Crippen LogP contribution in [0.2, 0.25) is 0 Å². The summed E-state index contributed by atoms with van der Waals surface area (Å²) in [5, 5.41) is 26.8. The van der Waals surface area contributed by atoms with E-state index in [4.69, 9.17) is 4.42 Å². The highest BCUT2D eigenvalue weighted by Crippen LogP contribution is 2.50. The Morgan fingerprint density at radius 2 is 1.65 bits per heavy atom. The Morgan fingerprint density at radius 1 is 0.742 bits per heavy atom. The van der Waals surface area contributed by atoms with Crippen LogP contribution in [0.3, 0.4) is 0 Å². The number of hydrogen-bond donors (Lipinski definition) is 2. The maximum Gasteiger partial charge on any atom is 0.161 e. The number of fused-ring (bicyclic) bond motifs is 11. The molecule has 8 rings (SSSR count). The van der Waals surface area contributed by atoms with Gasteiger partial charge in [0.2, 0.25) is 0 Å². The van der Waals surface area contributed by atoms with Crippen LogP contribution in [0.5, 0.6) is 11.5 Å². The molecule has 0 spiro atoms. The van der Waals surface area contributed by atoms with Gasteiger partial charge in [0, 0.05) is 20.9 Å². The van der Waals surface area contributed by atoms with Crippen LogP contribution in [0.1, 0.15) is 0 Å². The van der Waals surface area contributed by atoms with Gasteiger partial charge < -0.3 is 19.0 Å². The third-order valence-electron chi connectivity index (χ3n) is 6.47. The summed E-state index contributed by atoms with van der Waals surface area (Å²) in [6, 6.07) is 21.6. The van der Waals surface area contributed by atoms with Gasteiger partial charge in [-0.1, -0.05) is 24.3 Å². The molecule has 31 heavy (non-hydrogen) atoms. The van der Waals surface area contributed by atoms with Gasteiger partial charge in [0.15, 0.2) is 5.58 Å². The van der Waals surface area contributed by atoms with E-state index >= 15 is 0 Å². The number of thiophene rings is 1. The lowest BCUT2D eigenvalue weighted by atomic mass is 10.1. The Morgan fingerprint density at radius 3 is 2.58 bits per heavy atom. The molecule has 8 aromatic rings. The smallest absolute Gasteiger partial charge is 0.161 e. The van der Waals surface area contributed by atoms with E-state index in [9.17, 15) is 10.2 Å². The number of hydrogen-bond acceptors (Lipinski definition) is 4. The Hall–Kier alpha value is -3.96. The van der Waals surface area contributed by atoms with Crippen molar-refractivity contribution in [2.24, 2.45) is 0 Å². The van der Waals surface area contributed by atoms with Crippen molar-refractivity contribution in [3.05, 3.63) is 66.7 Å². The lowest BCUT2D eigenvalue weighted by Gasteiger charge is -2.00. The topological polar surface area (TPSA) is 58.0 Å². The summed E-state index contributed by atoms with van der Waals surface area (Å²) in [7, 11) is 0. The number of aromatic hydroxyl groups is 2. The molecule has 0 fully saturated rings. The van der Waals surface area contributed by atoms with Crippen molar-refractivity contribution >= 4 is 80.8 Å². The number of phenolic OH excluding ortho intramolecular Hbond substituents is 2. The second-order valence-corrected chi connectivity index (χ2v) is 9.18. The summed E-state index contributed by atoms with van der Waals surface area (Å²) >= 11 is 1.72. The van der Waals surface area contributed by atoms with Crippen LogP contribution in [0.15, 0.2) is 71.1 Å². The molecule has 0 atom stereocenters. The van der Waals surface area contributed by atoms with Crippen molar-refractivity contribution in [2.45, 2.75) is 0 Å². The number of benzene rings is 4. The minimum Gasteiger partial charge on any atom is -0.508 e. The Labute approximate surface area is 178 Å². The van der Waals surface area contributed by atoms with E-state index in [1.54, 1.807) is 29.5 Å². The fourth-order valence-corrected chi connectivity index (χ4v) is 6.44. The lowest BCUT2D eigenvalue weighted by molar-refractivity contribution is 0.476. The fourth-order valence-electron chi connectivity index (χ4n) is 5.20. The monoisotopic (exact) mass is 419 g/mol. The van der Waals surface area contributed by atoms with Crippen molar-refractivity contribution in [2.75, 3.05) is 0 Å². The summed E-state index contributed by atoms with van der Waals surface area (Å²) < 4.78 is 11.0. The third-order valence-corrected chi connectivity index (χ3v) is 7.65. The van der Waals surface area contributed by atoms with E-state index in [-0.39, 0.29) is 5.75 Å². The molecular weight excluding hydrogens is 406 g/mol. The van der Waals surface area contributed by atoms with Crippen molar-refractivity contribution in [1.82, 2.24) is 4.40 Å². The molecule has 0 radical (unpaired) electrons. The Bertz CT molecular complexity index is 2020. The van der Waals surface area contributed by atoms with Gasteiger partial charge in [-0.25, -0.2) is 0 Å². The average molecular weight is 419 g/mol. The molecule has 4 heterocycles. The molecule has 4 aromatic heterocycles. The molecule has 0 aliphatic heterocycles. The highest BCUT2D eigenvalue weighted by molar-refractivity contribution is 7.26. The molecule has 4 aromatic carbocycles. The first-order valence-electron chi connectivity index (χ1n) is 10.1. The molecule has 0 unspecified atom stereocenters. The van der Waals surface area contributed by atoms with Crippen molar-refractivity contribution in [1.29, 1.82) is 0 Å². The van der Waals surface area contributed by atoms with Crippen LogP contribution in [0, 0.1) is 0 Å². The second-order valence-electron chi connectivity index (χ2n) is 8.13. The number of furan rings is 1. The van der Waals surface area contributed by atoms with E-state index in [0.717, 1.165) is 59.3 Å². The number of phenols is 2. The summed E-state index contributed by atoms with van der Waals surface area (Å²) in [6.07, 6.45) is 0. The molecule has 0 saturated heterocycles. The molecule has 0 amide bonds. The van der Waals surface area contributed by atoms with E-state index in [0.29, 0.717) is 5.75 Å². The fraction of sp³-hybridized carbons (Fsp3) is 0. The summed E-state index contributed by atoms with van der Waals surface area (Å²) in [6.45, 7) is 0. The van der Waals surface area contributed by atoms with Crippen molar-refractivity contribution in [3.8, 4) is 11.5 Å². The van der Waals surface area contributed by atoms with Crippen LogP contribution in [-0.4, -0.2) is 14.6 Å². The number of aromatic nitrogens is 1. The number of nitrogens with zero attached hydrogens (tertiary/aromatic N) is 1. The zero-order valence-corrected chi connectivity index (χ0v) is 16.8. The van der Waals surface area contributed by atoms with E-state index < -0.39 is 0 Å². The summed E-state index contributed by atoms with van der Waals surface area (Å²) in [5.74, 6) is 0.537. The largest absolute Gasteiger partial charge is 0.508 e. The Kier molecular flexibility index (Phi) is 2.56. The average Bonchev–Trinajstić information content (AvgIpc) is 3.47. The van der Waals surface area contributed by atoms with Crippen molar-refractivity contribution < 1.29 is 14.6 Å². The number of rotatable bonds is 0. The molecule has 5 heteroatoms. The van der Waals surface area contributed by atoms with Crippen molar-refractivity contribution in [3.63, 3.8) is 0 Å². The maximum absolute atomic E-state index is 10.8. The van der Waals surface area contributed by atoms with E-state index in [2.05, 4.69) is 34.7 Å². The lowest BCUT2D eigenvalue weighted by Crippen LogP contribution is -1.81. The van der Waals surface area contributed by atoms with Crippen LogP contribution >= 0.6 is 11.3 Å². The zero-order valence-electron chi connectivity index (χ0n) is 16.0. The molecule has 0 aliphatic rings. The summed E-state index contributed by atoms with van der Waals surface area (Å²) in [5.41, 5.74) is 4.76. The Balaban J connectivity index is 1.72. The molecule has 2 N–H and O–H groups in total.